The van der Waals surface area contributed by atoms with Gasteiger partial charge in [0.15, 0.2) is 0 Å². The van der Waals surface area contributed by atoms with Gasteiger partial charge in [-0.05, 0) is 18.1 Å². The molecule has 3 unspecified atom stereocenters. The molecule has 1 aromatic carbocycles. The molecule has 1 aromatic rings. The number of benzene rings is 1. The lowest BCUT2D eigenvalue weighted by Crippen LogP contribution is -2.32. The SMILES string of the molecule is O=C=C1C2CC3C=CC2(CN1Cc1ccccc1Cl)O3. The van der Waals surface area contributed by atoms with Crippen molar-refractivity contribution in [3.63, 3.8) is 0 Å². The van der Waals surface area contributed by atoms with Crippen molar-refractivity contribution in [2.45, 2.75) is 24.7 Å². The number of carbonyl (C=O) groups excluding carboxylic acids is 1. The number of nitrogens with zero attached hydrogens (tertiary/aromatic N) is 1. The average molecular weight is 288 g/mol. The topological polar surface area (TPSA) is 29.5 Å². The van der Waals surface area contributed by atoms with Gasteiger partial charge in [-0.15, -0.1) is 0 Å². The fourth-order valence-electron chi connectivity index (χ4n) is 3.64. The quantitative estimate of drug-likeness (QED) is 0.618. The lowest BCUT2D eigenvalue weighted by molar-refractivity contribution is 0.0231. The zero-order chi connectivity index (χ0) is 13.7. The van der Waals surface area contributed by atoms with Crippen molar-refractivity contribution in [2.75, 3.05) is 6.54 Å². The number of halogens is 1. The average Bonchev–Trinajstić information content (AvgIpc) is 3.07. The van der Waals surface area contributed by atoms with Crippen molar-refractivity contribution in [3.8, 4) is 0 Å². The van der Waals surface area contributed by atoms with Crippen LogP contribution >= 0.6 is 11.6 Å². The second-order valence-electron chi connectivity index (χ2n) is 5.69. The Labute approximate surface area is 122 Å². The molecule has 2 saturated heterocycles. The maximum Gasteiger partial charge on any atom is 0.146 e. The van der Waals surface area contributed by atoms with Crippen molar-refractivity contribution in [1.29, 1.82) is 0 Å². The number of likely N-dealkylation sites (tertiary alicyclic amines) is 1. The predicted molar refractivity (Wildman–Crippen MR) is 75.9 cm³/mol. The fraction of sp³-hybridized carbons (Fsp3) is 0.375. The Hall–Kier alpha value is -1.54. The van der Waals surface area contributed by atoms with Crippen LogP contribution in [0.2, 0.25) is 5.02 Å². The molecule has 0 saturated carbocycles. The molecular formula is C16H14ClNO2. The summed E-state index contributed by atoms with van der Waals surface area (Å²) in [6, 6.07) is 7.73. The third kappa shape index (κ3) is 1.61. The van der Waals surface area contributed by atoms with E-state index in [1.165, 1.54) is 0 Å². The molecule has 2 bridgehead atoms. The molecule has 0 aromatic heterocycles. The summed E-state index contributed by atoms with van der Waals surface area (Å²) in [5, 5.41) is 0.730. The van der Waals surface area contributed by atoms with Gasteiger partial charge in [0.1, 0.15) is 17.2 Å². The second kappa shape index (κ2) is 4.23. The highest BCUT2D eigenvalue weighted by Gasteiger charge is 2.58. The van der Waals surface area contributed by atoms with E-state index in [2.05, 4.69) is 23.0 Å². The maximum absolute atomic E-state index is 11.4. The predicted octanol–water partition coefficient (Wildman–Crippen LogP) is 2.58. The van der Waals surface area contributed by atoms with Crippen LogP contribution < -0.4 is 0 Å². The van der Waals surface area contributed by atoms with E-state index in [9.17, 15) is 4.79 Å². The molecule has 3 aliphatic rings. The summed E-state index contributed by atoms with van der Waals surface area (Å²) >= 11 is 6.21. The summed E-state index contributed by atoms with van der Waals surface area (Å²) in [5.74, 6) is 2.29. The second-order valence-corrected chi connectivity index (χ2v) is 6.10. The number of rotatable bonds is 2. The summed E-state index contributed by atoms with van der Waals surface area (Å²) in [5.41, 5.74) is 1.45. The summed E-state index contributed by atoms with van der Waals surface area (Å²) < 4.78 is 6.03. The Bertz CT molecular complexity index is 650. The van der Waals surface area contributed by atoms with Crippen LogP contribution in [-0.2, 0) is 16.1 Å². The first-order chi connectivity index (χ1) is 9.72. The molecule has 2 fully saturated rings. The van der Waals surface area contributed by atoms with Crippen molar-refractivity contribution in [3.05, 3.63) is 52.7 Å². The monoisotopic (exact) mass is 287 g/mol. The van der Waals surface area contributed by atoms with E-state index in [4.69, 9.17) is 16.3 Å². The van der Waals surface area contributed by atoms with Crippen LogP contribution in [0, 0.1) is 5.92 Å². The van der Waals surface area contributed by atoms with Gasteiger partial charge in [-0.1, -0.05) is 42.0 Å². The number of hydrogen-bond donors (Lipinski definition) is 0. The van der Waals surface area contributed by atoms with E-state index < -0.39 is 0 Å². The van der Waals surface area contributed by atoms with Gasteiger partial charge in [-0.3, -0.25) is 0 Å². The molecule has 4 heteroatoms. The molecule has 0 aliphatic carbocycles. The Balaban J connectivity index is 1.66. The molecule has 0 amide bonds. The molecule has 20 heavy (non-hydrogen) atoms. The number of hydrogen-bond acceptors (Lipinski definition) is 3. The summed E-state index contributed by atoms with van der Waals surface area (Å²) in [7, 11) is 0. The third-order valence-corrected chi connectivity index (χ3v) is 4.92. The first kappa shape index (κ1) is 12.2. The van der Waals surface area contributed by atoms with E-state index in [-0.39, 0.29) is 17.6 Å². The van der Waals surface area contributed by atoms with Crippen molar-refractivity contribution in [2.24, 2.45) is 5.92 Å². The van der Waals surface area contributed by atoms with E-state index in [1.54, 1.807) is 0 Å². The summed E-state index contributed by atoms with van der Waals surface area (Å²) in [6.45, 7) is 1.34. The standard InChI is InChI=1S/C16H14ClNO2/c17-14-4-2-1-3-11(14)8-18-10-16-6-5-12(20-16)7-13(16)15(18)9-19/h1-6,12-13H,7-8,10H2. The van der Waals surface area contributed by atoms with Gasteiger partial charge in [0.2, 0.25) is 0 Å². The maximum atomic E-state index is 11.4. The molecule has 1 spiro atoms. The van der Waals surface area contributed by atoms with Crippen LogP contribution in [0.3, 0.4) is 0 Å². The molecule has 0 radical (unpaired) electrons. The Morgan fingerprint density at radius 1 is 1.45 bits per heavy atom. The van der Waals surface area contributed by atoms with Crippen LogP contribution in [-0.4, -0.2) is 29.1 Å². The largest absolute Gasteiger partial charge is 0.361 e. The fourth-order valence-corrected chi connectivity index (χ4v) is 3.84. The van der Waals surface area contributed by atoms with E-state index in [0.29, 0.717) is 13.1 Å². The van der Waals surface area contributed by atoms with Crippen molar-refractivity contribution in [1.82, 2.24) is 4.90 Å². The smallest absolute Gasteiger partial charge is 0.146 e. The molecule has 3 aliphatic heterocycles. The molecule has 0 N–H and O–H groups in total. The minimum atomic E-state index is -0.307. The number of ether oxygens (including phenoxy) is 1. The van der Waals surface area contributed by atoms with Crippen LogP contribution in [0.1, 0.15) is 12.0 Å². The third-order valence-electron chi connectivity index (χ3n) is 4.55. The first-order valence-corrected chi connectivity index (χ1v) is 7.20. The molecule has 3 atom stereocenters. The van der Waals surface area contributed by atoms with E-state index in [1.807, 2.05) is 24.3 Å². The lowest BCUT2D eigenvalue weighted by atomic mass is 9.84. The van der Waals surface area contributed by atoms with Gasteiger partial charge in [0.05, 0.1) is 12.6 Å². The molecule has 4 rings (SSSR count). The highest BCUT2D eigenvalue weighted by molar-refractivity contribution is 6.31. The lowest BCUT2D eigenvalue weighted by Gasteiger charge is -2.22. The highest BCUT2D eigenvalue weighted by Crippen LogP contribution is 2.52. The van der Waals surface area contributed by atoms with Crippen molar-refractivity contribution >= 4 is 17.5 Å². The summed E-state index contributed by atoms with van der Waals surface area (Å²) in [6.07, 6.45) is 5.29. The van der Waals surface area contributed by atoms with Gasteiger partial charge in [-0.25, -0.2) is 4.79 Å². The Kier molecular flexibility index (Phi) is 2.58. The molecule has 3 heterocycles. The van der Waals surface area contributed by atoms with E-state index in [0.717, 1.165) is 22.7 Å². The normalized spacial score (nSPS) is 33.6. The van der Waals surface area contributed by atoms with Crippen molar-refractivity contribution < 1.29 is 9.53 Å². The Morgan fingerprint density at radius 3 is 3.05 bits per heavy atom. The van der Waals surface area contributed by atoms with Crippen LogP contribution in [0.25, 0.3) is 0 Å². The van der Waals surface area contributed by atoms with Crippen LogP contribution in [0.5, 0.6) is 0 Å². The minimum Gasteiger partial charge on any atom is -0.361 e. The van der Waals surface area contributed by atoms with Crippen LogP contribution in [0.4, 0.5) is 0 Å². The Morgan fingerprint density at radius 2 is 2.30 bits per heavy atom. The summed E-state index contributed by atoms with van der Waals surface area (Å²) in [4.78, 5) is 13.5. The molecular weight excluding hydrogens is 274 g/mol. The van der Waals surface area contributed by atoms with Gasteiger partial charge >= 0.3 is 0 Å². The molecule has 3 nitrogen and oxygen atoms in total. The van der Waals surface area contributed by atoms with Gasteiger partial charge in [-0.2, -0.15) is 0 Å². The number of fused-ring (bicyclic) bond motifs is 1. The van der Waals surface area contributed by atoms with Crippen LogP contribution in [0.15, 0.2) is 42.1 Å². The van der Waals surface area contributed by atoms with Gasteiger partial charge in [0.25, 0.3) is 0 Å². The van der Waals surface area contributed by atoms with Gasteiger partial charge in [0, 0.05) is 17.5 Å². The zero-order valence-electron chi connectivity index (χ0n) is 10.9. The zero-order valence-corrected chi connectivity index (χ0v) is 11.6. The minimum absolute atomic E-state index is 0.150. The first-order valence-electron chi connectivity index (χ1n) is 6.82. The molecule has 102 valence electrons. The van der Waals surface area contributed by atoms with Gasteiger partial charge < -0.3 is 9.64 Å². The van der Waals surface area contributed by atoms with E-state index >= 15 is 0 Å². The highest BCUT2D eigenvalue weighted by atomic mass is 35.5.